The fraction of sp³-hybridized carbons (Fsp3) is 0.950. The van der Waals surface area contributed by atoms with E-state index in [1.165, 1.54) is 71.1 Å². The summed E-state index contributed by atoms with van der Waals surface area (Å²) in [6.07, 6.45) is 9.10. The second-order valence-electron chi connectivity index (χ2n) is 8.14. The zero-order valence-corrected chi connectivity index (χ0v) is 19.8. The largest absolute Gasteiger partial charge is 0.356 e. The van der Waals surface area contributed by atoms with Crippen molar-refractivity contribution in [2.45, 2.75) is 83.8 Å². The number of aliphatic imine (C=N–C) groups is 1. The number of nitrogens with zero attached hydrogens (tertiary/aromatic N) is 3. The molecule has 154 valence electrons. The van der Waals surface area contributed by atoms with Crippen LogP contribution >= 0.6 is 24.0 Å². The van der Waals surface area contributed by atoms with E-state index in [4.69, 9.17) is 0 Å². The smallest absolute Gasteiger partial charge is 0.191 e. The third-order valence-corrected chi connectivity index (χ3v) is 5.93. The van der Waals surface area contributed by atoms with Crippen LogP contribution in [0.2, 0.25) is 0 Å². The highest BCUT2D eigenvalue weighted by molar-refractivity contribution is 14.0. The van der Waals surface area contributed by atoms with E-state index in [9.17, 15) is 0 Å². The van der Waals surface area contributed by atoms with Gasteiger partial charge < -0.3 is 20.4 Å². The van der Waals surface area contributed by atoms with Crippen LogP contribution in [-0.4, -0.2) is 73.7 Å². The number of hydrogen-bond donors (Lipinski definition) is 2. The number of likely N-dealkylation sites (tertiary alicyclic amines) is 2. The molecule has 0 aromatic heterocycles. The Kier molecular flexibility index (Phi) is 12.1. The van der Waals surface area contributed by atoms with Gasteiger partial charge in [0, 0.05) is 44.8 Å². The molecule has 5 nitrogen and oxygen atoms in total. The molecule has 2 saturated heterocycles. The second-order valence-corrected chi connectivity index (χ2v) is 8.14. The molecule has 2 aliphatic heterocycles. The second kappa shape index (κ2) is 13.2. The van der Waals surface area contributed by atoms with Gasteiger partial charge in [-0.05, 0) is 72.4 Å². The Morgan fingerprint density at radius 1 is 1.08 bits per heavy atom. The average molecular weight is 479 g/mol. The van der Waals surface area contributed by atoms with Gasteiger partial charge in [-0.3, -0.25) is 4.99 Å². The first-order valence-electron chi connectivity index (χ1n) is 10.6. The van der Waals surface area contributed by atoms with E-state index in [0.29, 0.717) is 12.1 Å². The van der Waals surface area contributed by atoms with E-state index in [2.05, 4.69) is 46.2 Å². The SMILES string of the molecule is CN=C(NCCCCN1CCCCC1C)NC1CCN(C(C)C)CC1.I. The van der Waals surface area contributed by atoms with E-state index >= 15 is 0 Å². The molecule has 0 bridgehead atoms. The number of rotatable bonds is 7. The van der Waals surface area contributed by atoms with Crippen molar-refractivity contribution in [1.82, 2.24) is 20.4 Å². The highest BCUT2D eigenvalue weighted by Crippen LogP contribution is 2.16. The first-order chi connectivity index (χ1) is 12.1. The summed E-state index contributed by atoms with van der Waals surface area (Å²) in [5.41, 5.74) is 0. The Balaban J connectivity index is 0.00000338. The Bertz CT molecular complexity index is 394. The van der Waals surface area contributed by atoms with Crippen molar-refractivity contribution < 1.29 is 0 Å². The lowest BCUT2D eigenvalue weighted by Gasteiger charge is -2.35. The fourth-order valence-electron chi connectivity index (χ4n) is 4.08. The van der Waals surface area contributed by atoms with Crippen molar-refractivity contribution in [3.05, 3.63) is 0 Å². The van der Waals surface area contributed by atoms with Crippen molar-refractivity contribution in [3.63, 3.8) is 0 Å². The zero-order valence-electron chi connectivity index (χ0n) is 17.5. The number of piperidine rings is 2. The predicted molar refractivity (Wildman–Crippen MR) is 124 cm³/mol. The summed E-state index contributed by atoms with van der Waals surface area (Å²) in [5, 5.41) is 7.12. The number of nitrogens with one attached hydrogen (secondary N) is 2. The quantitative estimate of drug-likeness (QED) is 0.255. The van der Waals surface area contributed by atoms with Crippen molar-refractivity contribution in [1.29, 1.82) is 0 Å². The molecule has 0 saturated carbocycles. The molecule has 0 aliphatic carbocycles. The van der Waals surface area contributed by atoms with Crippen LogP contribution in [0.15, 0.2) is 4.99 Å². The first-order valence-corrected chi connectivity index (χ1v) is 10.6. The van der Waals surface area contributed by atoms with Crippen molar-refractivity contribution >= 4 is 29.9 Å². The van der Waals surface area contributed by atoms with Crippen LogP contribution in [-0.2, 0) is 0 Å². The molecular weight excluding hydrogens is 437 g/mol. The number of guanidine groups is 1. The van der Waals surface area contributed by atoms with Gasteiger partial charge in [0.1, 0.15) is 0 Å². The minimum absolute atomic E-state index is 0. The van der Waals surface area contributed by atoms with Crippen molar-refractivity contribution in [3.8, 4) is 0 Å². The Morgan fingerprint density at radius 3 is 2.42 bits per heavy atom. The molecule has 2 rings (SSSR count). The molecule has 0 radical (unpaired) electrons. The predicted octanol–water partition coefficient (Wildman–Crippen LogP) is 3.30. The molecule has 0 aromatic rings. The van der Waals surface area contributed by atoms with Gasteiger partial charge in [0.05, 0.1) is 0 Å². The lowest BCUT2D eigenvalue weighted by molar-refractivity contribution is 0.158. The summed E-state index contributed by atoms with van der Waals surface area (Å²) in [6, 6.07) is 2.02. The van der Waals surface area contributed by atoms with Gasteiger partial charge in [0.25, 0.3) is 0 Å². The van der Waals surface area contributed by atoms with E-state index in [-0.39, 0.29) is 24.0 Å². The zero-order chi connectivity index (χ0) is 18.1. The van der Waals surface area contributed by atoms with Crippen LogP contribution in [0, 0.1) is 0 Å². The van der Waals surface area contributed by atoms with E-state index < -0.39 is 0 Å². The molecule has 2 N–H and O–H groups in total. The molecular formula is C20H42IN5. The van der Waals surface area contributed by atoms with E-state index in [1.807, 2.05) is 7.05 Å². The number of halogens is 1. The molecule has 26 heavy (non-hydrogen) atoms. The maximum Gasteiger partial charge on any atom is 0.191 e. The summed E-state index contributed by atoms with van der Waals surface area (Å²) in [5.74, 6) is 0.981. The van der Waals surface area contributed by atoms with Crippen LogP contribution in [0.25, 0.3) is 0 Å². The minimum atomic E-state index is 0. The van der Waals surface area contributed by atoms with Gasteiger partial charge in [-0.25, -0.2) is 0 Å². The average Bonchev–Trinajstić information content (AvgIpc) is 2.62. The summed E-state index contributed by atoms with van der Waals surface area (Å²) in [7, 11) is 1.88. The van der Waals surface area contributed by atoms with Gasteiger partial charge in [0.2, 0.25) is 0 Å². The lowest BCUT2D eigenvalue weighted by Crippen LogP contribution is -2.50. The highest BCUT2D eigenvalue weighted by Gasteiger charge is 2.21. The van der Waals surface area contributed by atoms with Crippen LogP contribution in [0.3, 0.4) is 0 Å². The number of unbranched alkanes of at least 4 members (excludes halogenated alkanes) is 1. The molecule has 1 unspecified atom stereocenters. The molecule has 0 amide bonds. The Morgan fingerprint density at radius 2 is 1.81 bits per heavy atom. The van der Waals surface area contributed by atoms with Gasteiger partial charge in [0.15, 0.2) is 5.96 Å². The monoisotopic (exact) mass is 479 g/mol. The first kappa shape index (κ1) is 24.0. The van der Waals surface area contributed by atoms with Gasteiger partial charge in [-0.15, -0.1) is 24.0 Å². The summed E-state index contributed by atoms with van der Waals surface area (Å²) in [6.45, 7) is 12.9. The summed E-state index contributed by atoms with van der Waals surface area (Å²) >= 11 is 0. The summed E-state index contributed by atoms with van der Waals surface area (Å²) in [4.78, 5) is 9.64. The fourth-order valence-corrected chi connectivity index (χ4v) is 4.08. The Labute approximate surface area is 178 Å². The van der Waals surface area contributed by atoms with Crippen LogP contribution < -0.4 is 10.6 Å². The molecule has 0 aromatic carbocycles. The molecule has 2 aliphatic rings. The number of hydrogen-bond acceptors (Lipinski definition) is 3. The maximum atomic E-state index is 4.41. The third-order valence-electron chi connectivity index (χ3n) is 5.93. The molecule has 0 spiro atoms. The summed E-state index contributed by atoms with van der Waals surface area (Å²) < 4.78 is 0. The molecule has 1 atom stereocenters. The highest BCUT2D eigenvalue weighted by atomic mass is 127. The molecule has 2 fully saturated rings. The standard InChI is InChI=1S/C20H41N5.HI/c1-17(2)24-15-10-19(11-16-24)23-20(21-4)22-12-6-8-14-25-13-7-5-9-18(25)3;/h17-19H,5-16H2,1-4H3,(H2,21,22,23);1H. The topological polar surface area (TPSA) is 42.9 Å². The third kappa shape index (κ3) is 8.30. The lowest BCUT2D eigenvalue weighted by atomic mass is 10.0. The maximum absolute atomic E-state index is 4.41. The molecule has 2 heterocycles. The van der Waals surface area contributed by atoms with Crippen LogP contribution in [0.1, 0.15) is 65.7 Å². The minimum Gasteiger partial charge on any atom is -0.356 e. The van der Waals surface area contributed by atoms with Crippen LogP contribution in [0.4, 0.5) is 0 Å². The van der Waals surface area contributed by atoms with Gasteiger partial charge >= 0.3 is 0 Å². The Hall–Kier alpha value is -0.0800. The van der Waals surface area contributed by atoms with Gasteiger partial charge in [-0.1, -0.05) is 6.42 Å². The molecule has 6 heteroatoms. The van der Waals surface area contributed by atoms with Crippen molar-refractivity contribution in [2.24, 2.45) is 4.99 Å². The van der Waals surface area contributed by atoms with E-state index in [0.717, 1.165) is 18.5 Å². The van der Waals surface area contributed by atoms with E-state index in [1.54, 1.807) is 0 Å². The van der Waals surface area contributed by atoms with Gasteiger partial charge in [-0.2, -0.15) is 0 Å². The normalized spacial score (nSPS) is 23.7. The van der Waals surface area contributed by atoms with Crippen LogP contribution in [0.5, 0.6) is 0 Å². The van der Waals surface area contributed by atoms with Crippen molar-refractivity contribution in [2.75, 3.05) is 39.8 Å².